The molecule has 4 rings (SSSR count). The summed E-state index contributed by atoms with van der Waals surface area (Å²) in [5, 5.41) is 20.9. The Bertz CT molecular complexity index is 619. The molecule has 4 aliphatic rings. The second-order valence-corrected chi connectivity index (χ2v) is 8.75. The highest BCUT2D eigenvalue weighted by atomic mass is 32.1. The summed E-state index contributed by atoms with van der Waals surface area (Å²) in [7, 11) is 0. The highest BCUT2D eigenvalue weighted by Gasteiger charge is 2.56. The summed E-state index contributed by atoms with van der Waals surface area (Å²) in [6.07, 6.45) is 10.8. The van der Waals surface area contributed by atoms with Crippen LogP contribution < -0.4 is 0 Å². The predicted molar refractivity (Wildman–Crippen MR) is 96.4 cm³/mol. The van der Waals surface area contributed by atoms with Crippen LogP contribution in [-0.4, -0.2) is 28.2 Å². The molecule has 0 aromatic heterocycles. The third-order valence-electron chi connectivity index (χ3n) is 7.57. The third kappa shape index (κ3) is 2.03. The lowest BCUT2D eigenvalue weighted by molar-refractivity contribution is -0.0488. The van der Waals surface area contributed by atoms with Crippen molar-refractivity contribution < 1.29 is 10.2 Å². The molecule has 2 fully saturated rings. The van der Waals surface area contributed by atoms with Gasteiger partial charge in [-0.05, 0) is 42.9 Å². The fourth-order valence-corrected chi connectivity index (χ4v) is 6.46. The van der Waals surface area contributed by atoms with Gasteiger partial charge in [0.15, 0.2) is 0 Å². The molecule has 2 unspecified atom stereocenters. The Hall–Kier alpha value is -0.510. The summed E-state index contributed by atoms with van der Waals surface area (Å²) in [6.45, 7) is 4.64. The highest BCUT2D eigenvalue weighted by Crippen LogP contribution is 2.63. The van der Waals surface area contributed by atoms with Gasteiger partial charge in [0, 0.05) is 17.6 Å². The second kappa shape index (κ2) is 5.24. The molecular weight excluding hydrogens is 304 g/mol. The van der Waals surface area contributed by atoms with E-state index in [0.717, 1.165) is 25.0 Å². The minimum atomic E-state index is -0.436. The van der Waals surface area contributed by atoms with Gasteiger partial charge in [0.1, 0.15) is 0 Å². The van der Waals surface area contributed by atoms with E-state index in [4.69, 9.17) is 0 Å². The van der Waals surface area contributed by atoms with Crippen molar-refractivity contribution in [2.45, 2.75) is 58.2 Å². The van der Waals surface area contributed by atoms with Crippen molar-refractivity contribution in [1.29, 1.82) is 0 Å². The molecule has 0 aromatic carbocycles. The lowest BCUT2D eigenvalue weighted by atomic mass is 9.50. The second-order valence-electron chi connectivity index (χ2n) is 8.44. The minimum absolute atomic E-state index is 0.186. The van der Waals surface area contributed by atoms with Crippen LogP contribution in [0.15, 0.2) is 34.9 Å². The van der Waals surface area contributed by atoms with E-state index in [1.165, 1.54) is 23.1 Å². The average Bonchev–Trinajstić information content (AvgIpc) is 2.85. The number of aliphatic hydroxyl groups excluding tert-OH is 2. The van der Waals surface area contributed by atoms with Crippen molar-refractivity contribution in [3.05, 3.63) is 34.9 Å². The first-order chi connectivity index (χ1) is 10.9. The number of aliphatic hydroxyl groups is 2. The van der Waals surface area contributed by atoms with Gasteiger partial charge < -0.3 is 10.2 Å². The van der Waals surface area contributed by atoms with E-state index in [2.05, 4.69) is 44.7 Å². The smallest absolute Gasteiger partial charge is 0.0661 e. The molecule has 126 valence electrons. The van der Waals surface area contributed by atoms with Gasteiger partial charge in [-0.15, -0.1) is 0 Å². The maximum atomic E-state index is 10.8. The summed E-state index contributed by atoms with van der Waals surface area (Å²) < 4.78 is 0. The zero-order valence-corrected chi connectivity index (χ0v) is 15.0. The third-order valence-corrected chi connectivity index (χ3v) is 7.91. The molecule has 0 aliphatic heterocycles. The lowest BCUT2D eigenvalue weighted by Gasteiger charge is -2.56. The zero-order valence-electron chi connectivity index (χ0n) is 14.1. The Kier molecular flexibility index (Phi) is 3.64. The highest BCUT2D eigenvalue weighted by molar-refractivity contribution is 7.80. The van der Waals surface area contributed by atoms with Crippen LogP contribution in [0.1, 0.15) is 46.0 Å². The minimum Gasteiger partial charge on any atom is -0.393 e. The molecule has 0 heterocycles. The molecule has 2 saturated carbocycles. The molecule has 3 heteroatoms. The van der Waals surface area contributed by atoms with Crippen LogP contribution in [0.3, 0.4) is 0 Å². The summed E-state index contributed by atoms with van der Waals surface area (Å²) in [4.78, 5) is 0. The molecule has 4 aliphatic carbocycles. The number of rotatable bonds is 1. The monoisotopic (exact) mass is 332 g/mol. The molecule has 0 saturated heterocycles. The van der Waals surface area contributed by atoms with Gasteiger partial charge in [-0.2, -0.15) is 12.6 Å². The lowest BCUT2D eigenvalue weighted by Crippen LogP contribution is -2.52. The van der Waals surface area contributed by atoms with Crippen molar-refractivity contribution in [1.82, 2.24) is 0 Å². The number of hydrogen-bond acceptors (Lipinski definition) is 3. The van der Waals surface area contributed by atoms with E-state index < -0.39 is 12.2 Å². The van der Waals surface area contributed by atoms with Crippen LogP contribution in [0.5, 0.6) is 0 Å². The van der Waals surface area contributed by atoms with E-state index in [-0.39, 0.29) is 10.8 Å². The largest absolute Gasteiger partial charge is 0.393 e. The van der Waals surface area contributed by atoms with E-state index >= 15 is 0 Å². The normalized spacial score (nSPS) is 48.7. The quantitative estimate of drug-likeness (QED) is 0.506. The van der Waals surface area contributed by atoms with Crippen molar-refractivity contribution >= 4 is 12.6 Å². The Morgan fingerprint density at radius 2 is 2.00 bits per heavy atom. The van der Waals surface area contributed by atoms with Crippen LogP contribution in [0.4, 0.5) is 0 Å². The average molecular weight is 333 g/mol. The van der Waals surface area contributed by atoms with Gasteiger partial charge in [-0.1, -0.05) is 48.8 Å². The SMILES string of the molecule is C[C@]12C(=CC=C3C1CC[C@]1(C)C(CS)=CCC31)C[C@@H](O)C[C@@H]2O. The fraction of sp³-hybridized carbons (Fsp3) is 0.700. The van der Waals surface area contributed by atoms with Crippen LogP contribution >= 0.6 is 12.6 Å². The summed E-state index contributed by atoms with van der Waals surface area (Å²) in [6, 6.07) is 0. The van der Waals surface area contributed by atoms with Gasteiger partial charge in [0.05, 0.1) is 12.2 Å². The van der Waals surface area contributed by atoms with Gasteiger partial charge in [0.2, 0.25) is 0 Å². The van der Waals surface area contributed by atoms with E-state index in [1.54, 1.807) is 0 Å². The van der Waals surface area contributed by atoms with Crippen molar-refractivity contribution in [3.63, 3.8) is 0 Å². The molecule has 0 radical (unpaired) electrons. The molecule has 0 amide bonds. The van der Waals surface area contributed by atoms with Crippen LogP contribution in [-0.2, 0) is 0 Å². The number of allylic oxidation sites excluding steroid dienone is 4. The first-order valence-electron chi connectivity index (χ1n) is 8.99. The van der Waals surface area contributed by atoms with Gasteiger partial charge in [-0.3, -0.25) is 0 Å². The topological polar surface area (TPSA) is 40.5 Å². The number of fused-ring (bicyclic) bond motifs is 5. The van der Waals surface area contributed by atoms with Gasteiger partial charge >= 0.3 is 0 Å². The maximum Gasteiger partial charge on any atom is 0.0661 e. The fourth-order valence-electron chi connectivity index (χ4n) is 5.97. The first-order valence-corrected chi connectivity index (χ1v) is 9.62. The van der Waals surface area contributed by atoms with E-state index in [9.17, 15) is 10.2 Å². The van der Waals surface area contributed by atoms with Crippen molar-refractivity contribution in [2.24, 2.45) is 22.7 Å². The van der Waals surface area contributed by atoms with Crippen molar-refractivity contribution in [2.75, 3.05) is 5.75 Å². The molecule has 0 spiro atoms. The molecule has 23 heavy (non-hydrogen) atoms. The molecular formula is C20H28O2S. The van der Waals surface area contributed by atoms with Gasteiger partial charge in [0.25, 0.3) is 0 Å². The summed E-state index contributed by atoms with van der Waals surface area (Å²) in [5.74, 6) is 1.85. The van der Waals surface area contributed by atoms with E-state index in [1.807, 2.05) is 0 Å². The Morgan fingerprint density at radius 1 is 1.22 bits per heavy atom. The standard InChI is InChI=1S/C20H28O2S/c1-19-8-7-17-15(16(19)6-4-13(19)11-23)5-3-12-9-14(21)10-18(22)20(12,17)2/h3-5,14,16-18,21-23H,6-11H2,1-2H3/t14-,16?,17?,18+,19-,20+/m1/s1. The Labute approximate surface area is 144 Å². The van der Waals surface area contributed by atoms with Crippen molar-refractivity contribution in [3.8, 4) is 0 Å². The maximum absolute atomic E-state index is 10.8. The van der Waals surface area contributed by atoms with Crippen LogP contribution in [0.25, 0.3) is 0 Å². The molecule has 2 nitrogen and oxygen atoms in total. The Balaban J connectivity index is 1.75. The molecule has 6 atom stereocenters. The predicted octanol–water partition coefficient (Wildman–Crippen LogP) is 3.67. The Morgan fingerprint density at radius 3 is 2.74 bits per heavy atom. The summed E-state index contributed by atoms with van der Waals surface area (Å²) >= 11 is 4.55. The van der Waals surface area contributed by atoms with Crippen LogP contribution in [0.2, 0.25) is 0 Å². The molecule has 0 aromatic rings. The van der Waals surface area contributed by atoms with Crippen LogP contribution in [0, 0.1) is 22.7 Å². The number of hydrogen-bond donors (Lipinski definition) is 3. The molecule has 0 bridgehead atoms. The first kappa shape index (κ1) is 16.0. The molecule has 2 N–H and O–H groups in total. The number of thiol groups is 1. The summed E-state index contributed by atoms with van der Waals surface area (Å²) in [5.41, 5.74) is 4.36. The van der Waals surface area contributed by atoms with Gasteiger partial charge in [-0.25, -0.2) is 0 Å². The zero-order chi connectivity index (χ0) is 16.4. The van der Waals surface area contributed by atoms with E-state index in [0.29, 0.717) is 18.3 Å².